The van der Waals surface area contributed by atoms with Crippen molar-refractivity contribution in [2.75, 3.05) is 11.4 Å². The predicted octanol–water partition coefficient (Wildman–Crippen LogP) is 0.552. The lowest BCUT2D eigenvalue weighted by Crippen LogP contribution is -2.33. The topological polar surface area (TPSA) is 60.4 Å². The molecule has 0 radical (unpaired) electrons. The van der Waals surface area contributed by atoms with E-state index in [0.29, 0.717) is 5.69 Å². The van der Waals surface area contributed by atoms with Crippen LogP contribution in [0.3, 0.4) is 0 Å². The summed E-state index contributed by atoms with van der Waals surface area (Å²) in [5.41, 5.74) is 0.711. The first-order valence-electron chi connectivity index (χ1n) is 4.84. The maximum Gasteiger partial charge on any atom is 0.227 e. The minimum atomic E-state index is -1.16. The fourth-order valence-corrected chi connectivity index (χ4v) is 2.15. The molecule has 1 fully saturated rings. The minimum absolute atomic E-state index is 0.0227. The van der Waals surface area contributed by atoms with Crippen molar-refractivity contribution in [3.8, 4) is 0 Å². The van der Waals surface area contributed by atoms with Gasteiger partial charge in [-0.15, -0.1) is 0 Å². The third-order valence-electron chi connectivity index (χ3n) is 2.58. The highest BCUT2D eigenvalue weighted by Crippen LogP contribution is 2.26. The van der Waals surface area contributed by atoms with E-state index in [1.807, 2.05) is 6.07 Å². The normalized spacial score (nSPS) is 20.2. The molecule has 1 atom stereocenters. The molecule has 1 saturated heterocycles. The van der Waals surface area contributed by atoms with Crippen LogP contribution in [0, 0.1) is 5.92 Å². The average Bonchev–Trinajstić information content (AvgIpc) is 2.60. The van der Waals surface area contributed by atoms with Crippen LogP contribution >= 0.6 is 15.9 Å². The Kier molecular flexibility index (Phi) is 2.96. The number of rotatable bonds is 2. The van der Waals surface area contributed by atoms with Gasteiger partial charge in [0.15, 0.2) is 0 Å². The number of anilines is 1. The van der Waals surface area contributed by atoms with Crippen LogP contribution in [0.5, 0.6) is 0 Å². The van der Waals surface area contributed by atoms with Crippen molar-refractivity contribution in [2.45, 2.75) is 6.42 Å². The van der Waals surface area contributed by atoms with Gasteiger partial charge in [-0.05, 0) is 18.2 Å². The molecule has 1 aromatic rings. The second-order valence-electron chi connectivity index (χ2n) is 3.70. The quantitative estimate of drug-likeness (QED) is 0.796. The maximum absolute atomic E-state index is 11.6. The van der Waals surface area contributed by atoms with Crippen LogP contribution < -0.4 is 10.0 Å². The van der Waals surface area contributed by atoms with Gasteiger partial charge in [-0.3, -0.25) is 4.79 Å². The van der Waals surface area contributed by atoms with Crippen molar-refractivity contribution >= 4 is 33.5 Å². The summed E-state index contributed by atoms with van der Waals surface area (Å²) >= 11 is 3.31. The number of benzene rings is 1. The van der Waals surface area contributed by atoms with Crippen molar-refractivity contribution in [2.24, 2.45) is 5.92 Å². The number of halogens is 1. The summed E-state index contributed by atoms with van der Waals surface area (Å²) in [4.78, 5) is 23.8. The first kappa shape index (κ1) is 11.1. The molecule has 5 heteroatoms. The highest BCUT2D eigenvalue weighted by atomic mass is 79.9. The van der Waals surface area contributed by atoms with Gasteiger partial charge in [-0.25, -0.2) is 0 Å². The average molecular weight is 283 g/mol. The summed E-state index contributed by atoms with van der Waals surface area (Å²) in [5.74, 6) is -2.04. The first-order chi connectivity index (χ1) is 7.58. The van der Waals surface area contributed by atoms with Crippen LogP contribution in [0.1, 0.15) is 6.42 Å². The Bertz CT molecular complexity index is 447. The molecular weight excluding hydrogens is 274 g/mol. The molecule has 1 aliphatic rings. The van der Waals surface area contributed by atoms with Gasteiger partial charge in [0, 0.05) is 35.0 Å². The zero-order chi connectivity index (χ0) is 11.7. The van der Waals surface area contributed by atoms with Gasteiger partial charge in [0.25, 0.3) is 0 Å². The fraction of sp³-hybridized carbons (Fsp3) is 0.273. The lowest BCUT2D eigenvalue weighted by atomic mass is 10.1. The molecule has 0 unspecified atom stereocenters. The second-order valence-corrected chi connectivity index (χ2v) is 4.62. The van der Waals surface area contributed by atoms with Gasteiger partial charge in [0.05, 0.1) is 0 Å². The van der Waals surface area contributed by atoms with Gasteiger partial charge in [0.1, 0.15) is 0 Å². The van der Waals surface area contributed by atoms with Crippen LogP contribution in [0.2, 0.25) is 0 Å². The number of carbonyl (C=O) groups is 2. The summed E-state index contributed by atoms with van der Waals surface area (Å²) in [6, 6.07) is 7.22. The van der Waals surface area contributed by atoms with Crippen LogP contribution in [-0.4, -0.2) is 18.4 Å². The predicted molar refractivity (Wildman–Crippen MR) is 59.6 cm³/mol. The summed E-state index contributed by atoms with van der Waals surface area (Å²) in [5, 5.41) is 10.7. The molecule has 1 heterocycles. The number of nitrogens with zero attached hydrogens (tertiary/aromatic N) is 1. The second kappa shape index (κ2) is 4.25. The van der Waals surface area contributed by atoms with E-state index in [0.717, 1.165) is 4.47 Å². The molecule has 0 aromatic heterocycles. The van der Waals surface area contributed by atoms with Gasteiger partial charge in [-0.1, -0.05) is 22.0 Å². The highest BCUT2D eigenvalue weighted by molar-refractivity contribution is 9.10. The molecule has 0 bridgehead atoms. The number of carboxylic acids is 1. The van der Waals surface area contributed by atoms with Gasteiger partial charge in [-0.2, -0.15) is 0 Å². The van der Waals surface area contributed by atoms with E-state index in [-0.39, 0.29) is 18.9 Å². The Labute approximate surface area is 101 Å². The first-order valence-corrected chi connectivity index (χ1v) is 5.64. The van der Waals surface area contributed by atoms with Crippen LogP contribution in [0.15, 0.2) is 28.7 Å². The van der Waals surface area contributed by atoms with Crippen molar-refractivity contribution in [1.82, 2.24) is 0 Å². The monoisotopic (exact) mass is 282 g/mol. The largest absolute Gasteiger partial charge is 0.550 e. The lowest BCUT2D eigenvalue weighted by Gasteiger charge is -2.17. The highest BCUT2D eigenvalue weighted by Gasteiger charge is 2.31. The van der Waals surface area contributed by atoms with E-state index in [9.17, 15) is 14.7 Å². The summed E-state index contributed by atoms with van der Waals surface area (Å²) in [6.07, 6.45) is 0.0227. The van der Waals surface area contributed by atoms with E-state index < -0.39 is 11.9 Å². The smallest absolute Gasteiger partial charge is 0.227 e. The van der Waals surface area contributed by atoms with Crippen LogP contribution in [-0.2, 0) is 9.59 Å². The van der Waals surface area contributed by atoms with Crippen molar-refractivity contribution < 1.29 is 14.7 Å². The molecule has 0 aliphatic carbocycles. The zero-order valence-corrected chi connectivity index (χ0v) is 9.94. The van der Waals surface area contributed by atoms with E-state index >= 15 is 0 Å². The van der Waals surface area contributed by atoms with Crippen LogP contribution in [0.4, 0.5) is 5.69 Å². The zero-order valence-electron chi connectivity index (χ0n) is 8.35. The third-order valence-corrected chi connectivity index (χ3v) is 3.07. The Morgan fingerprint density at radius 2 is 2.25 bits per heavy atom. The third kappa shape index (κ3) is 2.09. The molecule has 1 aromatic carbocycles. The number of carboxylic acid groups (broad SMARTS) is 1. The molecule has 1 aliphatic heterocycles. The van der Waals surface area contributed by atoms with Gasteiger partial charge >= 0.3 is 0 Å². The summed E-state index contributed by atoms with van der Waals surface area (Å²) in [7, 11) is 0. The molecule has 2 rings (SSSR count). The fourth-order valence-electron chi connectivity index (χ4n) is 1.76. The summed E-state index contributed by atoms with van der Waals surface area (Å²) in [6.45, 7) is 0.192. The molecule has 4 nitrogen and oxygen atoms in total. The number of hydrogen-bond acceptors (Lipinski definition) is 3. The van der Waals surface area contributed by atoms with Crippen LogP contribution in [0.25, 0.3) is 0 Å². The van der Waals surface area contributed by atoms with E-state index in [1.165, 1.54) is 4.90 Å². The Morgan fingerprint density at radius 1 is 1.50 bits per heavy atom. The summed E-state index contributed by atoms with van der Waals surface area (Å²) < 4.78 is 0.856. The number of amides is 1. The van der Waals surface area contributed by atoms with Crippen molar-refractivity contribution in [3.63, 3.8) is 0 Å². The standard InChI is InChI=1S/C11H10BrNO3/c12-8-2-1-3-9(5-8)13-6-7(11(15)16)4-10(13)14/h1-3,5,7H,4,6H2,(H,15,16)/p-1/t7-/m0/s1. The number of carbonyl (C=O) groups excluding carboxylic acids is 2. The molecular formula is C11H9BrNO3-. The van der Waals surface area contributed by atoms with Crippen molar-refractivity contribution in [3.05, 3.63) is 28.7 Å². The van der Waals surface area contributed by atoms with E-state index in [1.54, 1.807) is 18.2 Å². The van der Waals surface area contributed by atoms with E-state index in [2.05, 4.69) is 15.9 Å². The SMILES string of the molecule is O=C([O-])[C@H]1CC(=O)N(c2cccc(Br)c2)C1. The Hall–Kier alpha value is -1.36. The molecule has 0 N–H and O–H groups in total. The number of aliphatic carboxylic acids is 1. The van der Waals surface area contributed by atoms with E-state index in [4.69, 9.17) is 0 Å². The Morgan fingerprint density at radius 3 is 2.81 bits per heavy atom. The molecule has 0 saturated carbocycles. The Balaban J connectivity index is 2.23. The lowest BCUT2D eigenvalue weighted by molar-refractivity contribution is -0.310. The molecule has 1 amide bonds. The number of hydrogen-bond donors (Lipinski definition) is 0. The van der Waals surface area contributed by atoms with Crippen molar-refractivity contribution in [1.29, 1.82) is 0 Å². The van der Waals surface area contributed by atoms with Gasteiger partial charge in [0.2, 0.25) is 5.91 Å². The molecule has 0 spiro atoms. The van der Waals surface area contributed by atoms with Gasteiger partial charge < -0.3 is 14.8 Å². The minimum Gasteiger partial charge on any atom is -0.550 e. The molecule has 84 valence electrons. The maximum atomic E-state index is 11.6. The molecule has 16 heavy (non-hydrogen) atoms.